The first kappa shape index (κ1) is 24.7. The zero-order valence-corrected chi connectivity index (χ0v) is 19.1. The zero-order chi connectivity index (χ0) is 19.3. The highest BCUT2D eigenvalue weighted by Crippen LogP contribution is 2.47. The second kappa shape index (κ2) is 10.1. The number of nitrogens with zero attached hydrogens (tertiary/aromatic N) is 3. The Kier molecular flexibility index (Phi) is 10.4. The molecule has 0 radical (unpaired) electrons. The van der Waals surface area contributed by atoms with Gasteiger partial charge in [0.1, 0.15) is 10.5 Å². The minimum absolute atomic E-state index is 0.0458. The second-order valence-corrected chi connectivity index (χ2v) is 12.3. The number of thioether (sulfide) groups is 1. The molecule has 0 bridgehead atoms. The third-order valence-corrected chi connectivity index (χ3v) is 7.86. The molecule has 0 saturated carbocycles. The van der Waals surface area contributed by atoms with Crippen LogP contribution in [0.4, 0.5) is 0 Å². The van der Waals surface area contributed by atoms with Crippen LogP contribution in [0, 0.1) is 0 Å². The Morgan fingerprint density at radius 3 is 1.96 bits per heavy atom. The van der Waals surface area contributed by atoms with Crippen molar-refractivity contribution >= 4 is 76.6 Å². The fourth-order valence-corrected chi connectivity index (χ4v) is 4.50. The lowest BCUT2D eigenvalue weighted by Crippen LogP contribution is -2.54. The third-order valence-electron chi connectivity index (χ3n) is 2.71. The molecule has 0 aromatic carbocycles. The molecule has 0 aliphatic heterocycles. The molecule has 1 unspecified atom stereocenters. The van der Waals surface area contributed by atoms with Crippen LogP contribution in [-0.4, -0.2) is 82.5 Å². The SMILES string of the molecule is CN(C)C(=S)SCC(=O)NC(NP(=O)(N(C)C)N(C)C)C(Cl)(Cl)Cl. The third kappa shape index (κ3) is 7.93. The van der Waals surface area contributed by atoms with Crippen molar-refractivity contribution in [2.24, 2.45) is 0 Å². The number of hydrogen-bond acceptors (Lipinski definition) is 4. The molecule has 24 heavy (non-hydrogen) atoms. The predicted octanol–water partition coefficient (Wildman–Crippen LogP) is 2.20. The van der Waals surface area contributed by atoms with E-state index < -0.39 is 23.5 Å². The quantitative estimate of drug-likeness (QED) is 0.260. The lowest BCUT2D eigenvalue weighted by molar-refractivity contribution is -0.119. The fraction of sp³-hybridized carbons (Fsp3) is 0.818. The lowest BCUT2D eigenvalue weighted by Gasteiger charge is -2.36. The maximum absolute atomic E-state index is 13.0. The van der Waals surface area contributed by atoms with Gasteiger partial charge in [-0.05, 0) is 28.2 Å². The van der Waals surface area contributed by atoms with E-state index in [1.54, 1.807) is 47.2 Å². The Balaban J connectivity index is 5.08. The summed E-state index contributed by atoms with van der Waals surface area (Å²) in [6.07, 6.45) is -1.15. The fourth-order valence-electron chi connectivity index (χ4n) is 1.40. The molecule has 7 nitrogen and oxygen atoms in total. The summed E-state index contributed by atoms with van der Waals surface area (Å²) in [5.41, 5.74) is 0. The van der Waals surface area contributed by atoms with Crippen LogP contribution in [0.2, 0.25) is 0 Å². The van der Waals surface area contributed by atoms with E-state index in [0.29, 0.717) is 4.32 Å². The Bertz CT molecular complexity index is 491. The van der Waals surface area contributed by atoms with Crippen LogP contribution in [0.3, 0.4) is 0 Å². The molecule has 0 fully saturated rings. The van der Waals surface area contributed by atoms with Gasteiger partial charge in [0.25, 0.3) is 7.59 Å². The molecular weight excluding hydrogens is 436 g/mol. The highest BCUT2D eigenvalue weighted by molar-refractivity contribution is 8.23. The molecule has 142 valence electrons. The van der Waals surface area contributed by atoms with Gasteiger partial charge in [0, 0.05) is 14.1 Å². The van der Waals surface area contributed by atoms with Crippen LogP contribution in [0.5, 0.6) is 0 Å². The first-order chi connectivity index (χ1) is 10.7. The number of amides is 1. The predicted molar refractivity (Wildman–Crippen MR) is 109 cm³/mol. The minimum Gasteiger partial charge on any atom is -0.364 e. The number of hydrogen-bond donors (Lipinski definition) is 2. The van der Waals surface area contributed by atoms with Gasteiger partial charge in [0.15, 0.2) is 0 Å². The molecule has 1 atom stereocenters. The summed E-state index contributed by atoms with van der Waals surface area (Å²) in [6, 6.07) is 0. The summed E-state index contributed by atoms with van der Waals surface area (Å²) in [4.78, 5) is 13.8. The van der Waals surface area contributed by atoms with E-state index in [1.165, 1.54) is 21.1 Å². The van der Waals surface area contributed by atoms with Gasteiger partial charge in [0.2, 0.25) is 9.70 Å². The Morgan fingerprint density at radius 1 is 1.17 bits per heavy atom. The first-order valence-electron chi connectivity index (χ1n) is 6.65. The summed E-state index contributed by atoms with van der Waals surface area (Å²) < 4.78 is 14.6. The van der Waals surface area contributed by atoms with Crippen LogP contribution in [0.25, 0.3) is 0 Å². The van der Waals surface area contributed by atoms with E-state index in [4.69, 9.17) is 47.0 Å². The summed E-state index contributed by atoms with van der Waals surface area (Å²) in [5, 5.41) is 5.28. The first-order valence-corrected chi connectivity index (χ1v) is 10.8. The molecule has 0 aliphatic rings. The van der Waals surface area contributed by atoms with Crippen molar-refractivity contribution in [2.75, 3.05) is 48.0 Å². The van der Waals surface area contributed by atoms with Crippen LogP contribution >= 0.6 is 66.4 Å². The molecule has 0 saturated heterocycles. The van der Waals surface area contributed by atoms with E-state index >= 15 is 0 Å². The Labute approximate surface area is 168 Å². The van der Waals surface area contributed by atoms with Crippen molar-refractivity contribution < 1.29 is 9.36 Å². The summed E-state index contributed by atoms with van der Waals surface area (Å²) in [7, 11) is 6.83. The van der Waals surface area contributed by atoms with Crippen LogP contribution < -0.4 is 10.4 Å². The molecule has 0 aromatic heterocycles. The van der Waals surface area contributed by atoms with E-state index in [1.807, 2.05) is 0 Å². The van der Waals surface area contributed by atoms with Gasteiger partial charge in [-0.1, -0.05) is 58.8 Å². The summed E-state index contributed by atoms with van der Waals surface area (Å²) in [5.74, 6) is -0.360. The van der Waals surface area contributed by atoms with Crippen LogP contribution in [-0.2, 0) is 9.36 Å². The summed E-state index contributed by atoms with van der Waals surface area (Å²) >= 11 is 24.1. The van der Waals surface area contributed by atoms with E-state index in [2.05, 4.69) is 10.4 Å². The van der Waals surface area contributed by atoms with Gasteiger partial charge < -0.3 is 10.2 Å². The highest BCUT2D eigenvalue weighted by Gasteiger charge is 2.41. The maximum atomic E-state index is 13.0. The van der Waals surface area contributed by atoms with Gasteiger partial charge in [-0.3, -0.25) is 9.36 Å². The van der Waals surface area contributed by atoms with E-state index in [-0.39, 0.29) is 5.75 Å². The number of carbonyl (C=O) groups excluding carboxylic acids is 1. The minimum atomic E-state index is -3.22. The average molecular weight is 459 g/mol. The van der Waals surface area contributed by atoms with E-state index in [0.717, 1.165) is 0 Å². The average Bonchev–Trinajstić information content (AvgIpc) is 2.42. The number of carbonyl (C=O) groups is 1. The molecule has 1 amide bonds. The standard InChI is InChI=1S/C11H23Cl3N5O2PS2/c1-17(2)10(23)24-7-8(20)15-9(11(12,13)14)16-22(21,18(3)4)19(5)6/h9H,7H2,1-6H3,(H,15,20)(H,16,21). The molecule has 0 heterocycles. The van der Waals surface area contributed by atoms with Crippen molar-refractivity contribution in [3.05, 3.63) is 0 Å². The normalized spacial score (nSPS) is 14.0. The highest BCUT2D eigenvalue weighted by atomic mass is 35.6. The number of alkyl halides is 3. The van der Waals surface area contributed by atoms with Gasteiger partial charge in [-0.25, -0.2) is 14.4 Å². The number of nitrogens with one attached hydrogen (secondary N) is 2. The maximum Gasteiger partial charge on any atom is 0.285 e. The van der Waals surface area contributed by atoms with Crippen LogP contribution in [0.15, 0.2) is 0 Å². The molecule has 0 aromatic rings. The van der Waals surface area contributed by atoms with Gasteiger partial charge in [-0.2, -0.15) is 0 Å². The van der Waals surface area contributed by atoms with Crippen molar-refractivity contribution in [3.63, 3.8) is 0 Å². The van der Waals surface area contributed by atoms with Gasteiger partial charge in [-0.15, -0.1) is 0 Å². The number of halogens is 3. The topological polar surface area (TPSA) is 67.9 Å². The van der Waals surface area contributed by atoms with Crippen molar-refractivity contribution in [1.29, 1.82) is 0 Å². The van der Waals surface area contributed by atoms with Crippen LogP contribution in [0.1, 0.15) is 0 Å². The second-order valence-electron chi connectivity index (χ2n) is 5.36. The van der Waals surface area contributed by atoms with Crippen molar-refractivity contribution in [1.82, 2.24) is 24.6 Å². The molecule has 2 N–H and O–H groups in total. The number of thiocarbonyl (C=S) groups is 1. The zero-order valence-electron chi connectivity index (χ0n) is 14.3. The summed E-state index contributed by atoms with van der Waals surface area (Å²) in [6.45, 7) is 0. The molecule has 0 rings (SSSR count). The Morgan fingerprint density at radius 2 is 1.62 bits per heavy atom. The number of rotatable bonds is 7. The lowest BCUT2D eigenvalue weighted by atomic mass is 10.5. The van der Waals surface area contributed by atoms with Crippen molar-refractivity contribution in [2.45, 2.75) is 9.96 Å². The van der Waals surface area contributed by atoms with E-state index in [9.17, 15) is 9.36 Å². The molecule has 0 aliphatic carbocycles. The Hall–Kier alpha value is 0.690. The smallest absolute Gasteiger partial charge is 0.285 e. The van der Waals surface area contributed by atoms with Crippen molar-refractivity contribution in [3.8, 4) is 0 Å². The van der Waals surface area contributed by atoms with Gasteiger partial charge in [0.05, 0.1) is 5.75 Å². The largest absolute Gasteiger partial charge is 0.364 e. The molecular formula is C11H23Cl3N5O2PS2. The monoisotopic (exact) mass is 457 g/mol. The molecule has 13 heteroatoms. The molecule has 0 spiro atoms. The van der Waals surface area contributed by atoms with Gasteiger partial charge >= 0.3 is 0 Å².